The van der Waals surface area contributed by atoms with Gasteiger partial charge in [0.15, 0.2) is 0 Å². The first-order valence-electron chi connectivity index (χ1n) is 5.27. The topological polar surface area (TPSA) is 106 Å². The summed E-state index contributed by atoms with van der Waals surface area (Å²) >= 11 is 0. The van der Waals surface area contributed by atoms with E-state index in [-0.39, 0.29) is 0 Å². The molecule has 4 N–H and O–H groups in total. The number of anilines is 2. The lowest BCUT2D eigenvalue weighted by atomic mass is 10.2. The second-order valence-electron chi connectivity index (χ2n) is 3.55. The minimum Gasteiger partial charge on any atom is -0.465 e. The van der Waals surface area contributed by atoms with Gasteiger partial charge in [-0.2, -0.15) is 5.10 Å². The number of methoxy groups -OCH3 is 1. The summed E-state index contributed by atoms with van der Waals surface area (Å²) < 4.78 is 4.68. The van der Waals surface area contributed by atoms with Crippen molar-refractivity contribution in [1.29, 1.82) is 0 Å². The number of ether oxygens (including phenoxy) is 1. The van der Waals surface area contributed by atoms with E-state index >= 15 is 0 Å². The molecule has 0 atom stereocenters. The molecule has 0 saturated carbocycles. The smallest absolute Gasteiger partial charge is 0.341 e. The van der Waals surface area contributed by atoms with Crippen molar-refractivity contribution in [2.75, 3.05) is 18.2 Å². The Morgan fingerprint density at radius 1 is 1.61 bits per heavy atom. The fraction of sp³-hybridized carbons (Fsp3) is 0.182. The number of H-pyrrole nitrogens is 1. The number of hydrogen-bond donors (Lipinski definition) is 3. The van der Waals surface area contributed by atoms with E-state index in [1.165, 1.54) is 7.11 Å². The average molecular weight is 247 g/mol. The number of carbonyl (C=O) groups excluding carboxylic acids is 1. The average Bonchev–Trinajstić information content (AvgIpc) is 2.81. The van der Waals surface area contributed by atoms with Crippen LogP contribution in [0.4, 0.5) is 11.6 Å². The van der Waals surface area contributed by atoms with Gasteiger partial charge in [-0.1, -0.05) is 0 Å². The van der Waals surface area contributed by atoms with Crippen LogP contribution in [-0.4, -0.2) is 28.3 Å². The van der Waals surface area contributed by atoms with Crippen molar-refractivity contribution in [1.82, 2.24) is 15.2 Å². The lowest BCUT2D eigenvalue weighted by Crippen LogP contribution is -2.10. The van der Waals surface area contributed by atoms with E-state index in [0.717, 1.165) is 5.56 Å². The second-order valence-corrected chi connectivity index (χ2v) is 3.55. The number of rotatable bonds is 4. The number of carbonyl (C=O) groups is 1. The van der Waals surface area contributed by atoms with Crippen LogP contribution in [0.15, 0.2) is 24.5 Å². The maximum absolute atomic E-state index is 11.5. The zero-order valence-corrected chi connectivity index (χ0v) is 9.80. The fourth-order valence-corrected chi connectivity index (χ4v) is 1.46. The van der Waals surface area contributed by atoms with Crippen molar-refractivity contribution in [2.45, 2.75) is 6.54 Å². The Morgan fingerprint density at radius 3 is 3.11 bits per heavy atom. The Kier molecular flexibility index (Phi) is 3.42. The first-order valence-corrected chi connectivity index (χ1v) is 5.27. The van der Waals surface area contributed by atoms with Gasteiger partial charge in [0.05, 0.1) is 13.3 Å². The van der Waals surface area contributed by atoms with Crippen LogP contribution in [0.3, 0.4) is 0 Å². The third-order valence-corrected chi connectivity index (χ3v) is 2.41. The van der Waals surface area contributed by atoms with Crippen LogP contribution in [0, 0.1) is 0 Å². The highest BCUT2D eigenvalue weighted by Gasteiger charge is 2.12. The van der Waals surface area contributed by atoms with Crippen molar-refractivity contribution < 1.29 is 9.53 Å². The summed E-state index contributed by atoms with van der Waals surface area (Å²) in [6.45, 7) is 0.420. The van der Waals surface area contributed by atoms with Crippen LogP contribution < -0.4 is 11.1 Å². The van der Waals surface area contributed by atoms with Gasteiger partial charge in [0.25, 0.3) is 0 Å². The van der Waals surface area contributed by atoms with Gasteiger partial charge in [0, 0.05) is 18.3 Å². The highest BCUT2D eigenvalue weighted by atomic mass is 16.5. The minimum absolute atomic E-state index is 0.377. The lowest BCUT2D eigenvalue weighted by molar-refractivity contribution is 0.0601. The quantitative estimate of drug-likeness (QED) is 0.689. The van der Waals surface area contributed by atoms with Crippen LogP contribution in [0.2, 0.25) is 0 Å². The molecule has 7 nitrogen and oxygen atoms in total. The van der Waals surface area contributed by atoms with Crippen molar-refractivity contribution in [2.24, 2.45) is 0 Å². The molecule has 0 aromatic carbocycles. The minimum atomic E-state index is -0.439. The molecule has 2 rings (SSSR count). The van der Waals surface area contributed by atoms with Crippen LogP contribution >= 0.6 is 0 Å². The number of nitrogen functional groups attached to an aromatic ring is 1. The number of nitrogens with one attached hydrogen (secondary N) is 2. The normalized spacial score (nSPS) is 10.1. The molecule has 0 spiro atoms. The predicted octanol–water partition coefficient (Wildman–Crippen LogP) is 0.786. The Bertz CT molecular complexity index is 552. The predicted molar refractivity (Wildman–Crippen MR) is 65.9 cm³/mol. The van der Waals surface area contributed by atoms with Gasteiger partial charge in [0.1, 0.15) is 17.2 Å². The van der Waals surface area contributed by atoms with Crippen LogP contribution in [0.5, 0.6) is 0 Å². The van der Waals surface area contributed by atoms with Gasteiger partial charge in [-0.05, 0) is 12.1 Å². The van der Waals surface area contributed by atoms with E-state index in [4.69, 9.17) is 5.73 Å². The highest BCUT2D eigenvalue weighted by molar-refractivity contribution is 5.94. The molecule has 0 amide bonds. The highest BCUT2D eigenvalue weighted by Crippen LogP contribution is 2.15. The molecule has 94 valence electrons. The molecule has 0 saturated heterocycles. The van der Waals surface area contributed by atoms with Crippen molar-refractivity contribution in [3.05, 3.63) is 35.7 Å². The van der Waals surface area contributed by atoms with E-state index in [2.05, 4.69) is 25.2 Å². The molecule has 0 aliphatic heterocycles. The number of pyridine rings is 1. The van der Waals surface area contributed by atoms with Gasteiger partial charge in [0.2, 0.25) is 0 Å². The van der Waals surface area contributed by atoms with Crippen LogP contribution in [0.1, 0.15) is 15.9 Å². The standard InChI is InChI=1S/C11H13N5O2/c1-18-11(17)8-3-2-4-13-10(8)14-5-7-6-15-16-9(7)12/h2-4,6H,5H2,1H3,(H,13,14)(H3,12,15,16). The SMILES string of the molecule is COC(=O)c1cccnc1NCc1cn[nH]c1N. The molecule has 7 heteroatoms. The van der Waals surface area contributed by atoms with E-state index in [1.54, 1.807) is 24.5 Å². The number of aromatic nitrogens is 3. The summed E-state index contributed by atoms with van der Waals surface area (Å²) in [4.78, 5) is 15.6. The van der Waals surface area contributed by atoms with Gasteiger partial charge >= 0.3 is 5.97 Å². The summed E-state index contributed by atoms with van der Waals surface area (Å²) in [5.74, 6) is 0.494. The third-order valence-electron chi connectivity index (χ3n) is 2.41. The number of esters is 1. The maximum atomic E-state index is 11.5. The second kappa shape index (κ2) is 5.17. The van der Waals surface area contributed by atoms with E-state index in [1.807, 2.05) is 0 Å². The summed E-state index contributed by atoms with van der Waals surface area (Å²) in [6.07, 6.45) is 3.20. The van der Waals surface area contributed by atoms with E-state index in [9.17, 15) is 4.79 Å². The Morgan fingerprint density at radius 2 is 2.44 bits per heavy atom. The van der Waals surface area contributed by atoms with Crippen LogP contribution in [0.25, 0.3) is 0 Å². The number of hydrogen-bond acceptors (Lipinski definition) is 6. The Labute approximate surface area is 103 Å². The van der Waals surface area contributed by atoms with E-state index in [0.29, 0.717) is 23.7 Å². The van der Waals surface area contributed by atoms with Gasteiger partial charge in [-0.25, -0.2) is 9.78 Å². The summed E-state index contributed by atoms with van der Waals surface area (Å²) in [6, 6.07) is 3.31. The van der Waals surface area contributed by atoms with Crippen molar-refractivity contribution in [3.63, 3.8) is 0 Å². The molecule has 18 heavy (non-hydrogen) atoms. The molecule has 0 unspecified atom stereocenters. The first-order chi connectivity index (χ1) is 8.72. The monoisotopic (exact) mass is 247 g/mol. The maximum Gasteiger partial charge on any atom is 0.341 e. The third kappa shape index (κ3) is 2.40. The summed E-state index contributed by atoms with van der Waals surface area (Å²) in [5, 5.41) is 9.45. The lowest BCUT2D eigenvalue weighted by Gasteiger charge is -2.08. The fourth-order valence-electron chi connectivity index (χ4n) is 1.46. The molecule has 2 aromatic heterocycles. The number of nitrogens with zero attached hydrogens (tertiary/aromatic N) is 2. The molecular formula is C11H13N5O2. The molecule has 0 fully saturated rings. The molecule has 2 heterocycles. The van der Waals surface area contributed by atoms with E-state index < -0.39 is 5.97 Å². The molecule has 2 aromatic rings. The molecule has 0 radical (unpaired) electrons. The van der Waals surface area contributed by atoms with Gasteiger partial charge in [-0.15, -0.1) is 0 Å². The van der Waals surface area contributed by atoms with Gasteiger partial charge in [-0.3, -0.25) is 5.10 Å². The molecule has 0 aliphatic carbocycles. The number of aromatic amines is 1. The van der Waals surface area contributed by atoms with Gasteiger partial charge < -0.3 is 15.8 Å². The van der Waals surface area contributed by atoms with Crippen molar-refractivity contribution in [3.8, 4) is 0 Å². The largest absolute Gasteiger partial charge is 0.465 e. The summed E-state index contributed by atoms with van der Waals surface area (Å²) in [7, 11) is 1.33. The Hall–Kier alpha value is -2.57. The Balaban J connectivity index is 2.14. The van der Waals surface area contributed by atoms with Crippen LogP contribution in [-0.2, 0) is 11.3 Å². The zero-order valence-electron chi connectivity index (χ0n) is 9.80. The zero-order chi connectivity index (χ0) is 13.0. The first kappa shape index (κ1) is 11.9. The number of nitrogens with two attached hydrogens (primary N) is 1. The van der Waals surface area contributed by atoms with Crippen molar-refractivity contribution >= 4 is 17.6 Å². The molecule has 0 bridgehead atoms. The molecular weight excluding hydrogens is 234 g/mol. The summed E-state index contributed by atoms with van der Waals surface area (Å²) in [5.41, 5.74) is 6.84. The molecule has 0 aliphatic rings.